The van der Waals surface area contributed by atoms with Gasteiger partial charge in [0.1, 0.15) is 5.75 Å². The second-order valence-electron chi connectivity index (χ2n) is 7.71. The van der Waals surface area contributed by atoms with Crippen LogP contribution in [0.3, 0.4) is 0 Å². The molecule has 1 aromatic heterocycles. The number of aromatic nitrogens is 3. The number of allylic oxidation sites excluding steroid dienone is 1. The molecule has 1 heterocycles. The van der Waals surface area contributed by atoms with Gasteiger partial charge >= 0.3 is 0 Å². The molecular formula is C27H24N6O4S. The van der Waals surface area contributed by atoms with E-state index >= 15 is 0 Å². The van der Waals surface area contributed by atoms with Crippen molar-refractivity contribution >= 4 is 35.6 Å². The van der Waals surface area contributed by atoms with Crippen LogP contribution in [-0.4, -0.2) is 44.2 Å². The highest BCUT2D eigenvalue weighted by atomic mass is 32.2. The lowest BCUT2D eigenvalue weighted by atomic mass is 10.2. The number of carbonyl (C=O) groups excluding carboxylic acids is 1. The summed E-state index contributed by atoms with van der Waals surface area (Å²) in [5.41, 5.74) is 4.60. The molecule has 0 aliphatic heterocycles. The van der Waals surface area contributed by atoms with E-state index in [0.717, 1.165) is 17.0 Å². The highest BCUT2D eigenvalue weighted by Gasteiger charge is 2.17. The number of nitro groups is 1. The third kappa shape index (κ3) is 6.71. The third-order valence-electron chi connectivity index (χ3n) is 5.16. The van der Waals surface area contributed by atoms with Gasteiger partial charge in [-0.3, -0.25) is 19.5 Å². The van der Waals surface area contributed by atoms with Crippen LogP contribution in [0.2, 0.25) is 0 Å². The minimum Gasteiger partial charge on any atom is -0.494 e. The molecule has 0 unspecified atom stereocenters. The lowest BCUT2D eigenvalue weighted by Crippen LogP contribution is -2.19. The fourth-order valence-electron chi connectivity index (χ4n) is 3.48. The predicted octanol–water partition coefficient (Wildman–Crippen LogP) is 5.15. The first-order chi connectivity index (χ1) is 18.6. The maximum atomic E-state index is 12.4. The largest absolute Gasteiger partial charge is 0.494 e. The van der Waals surface area contributed by atoms with E-state index in [9.17, 15) is 14.9 Å². The SMILES string of the molecule is CCOc1ccc(-n2c(SCC(=O)N/N=C\C=C\c3ccccc3[N+](=O)[O-])nnc2-c2ccccc2)cc1. The standard InChI is InChI=1S/C27H24N6O4S/c1-2-37-23-16-14-22(15-17-23)32-26(21-10-4-3-5-11-21)30-31-27(32)38-19-25(34)29-28-18-8-12-20-9-6-7-13-24(20)33(35)36/h3-18H,2,19H2,1H3,(H,29,34)/b12-8+,28-18-. The number of rotatable bonds is 11. The number of hydrazone groups is 1. The van der Waals surface area contributed by atoms with Crippen molar-refractivity contribution in [1.82, 2.24) is 20.2 Å². The summed E-state index contributed by atoms with van der Waals surface area (Å²) in [6.07, 6.45) is 4.42. The van der Waals surface area contributed by atoms with Gasteiger partial charge in [0.15, 0.2) is 11.0 Å². The Hall–Kier alpha value is -4.77. The lowest BCUT2D eigenvalue weighted by molar-refractivity contribution is -0.385. The molecule has 0 radical (unpaired) electrons. The summed E-state index contributed by atoms with van der Waals surface area (Å²) < 4.78 is 7.44. The van der Waals surface area contributed by atoms with Gasteiger partial charge in [-0.25, -0.2) is 5.43 Å². The minimum absolute atomic E-state index is 0.0101. The van der Waals surface area contributed by atoms with E-state index in [0.29, 0.717) is 23.2 Å². The number of benzene rings is 3. The topological polar surface area (TPSA) is 125 Å². The van der Waals surface area contributed by atoms with Crippen molar-refractivity contribution in [2.45, 2.75) is 12.1 Å². The molecule has 1 amide bonds. The summed E-state index contributed by atoms with van der Waals surface area (Å²) in [6.45, 7) is 2.50. The van der Waals surface area contributed by atoms with Gasteiger partial charge in [0.05, 0.1) is 22.8 Å². The van der Waals surface area contributed by atoms with Gasteiger partial charge in [-0.2, -0.15) is 5.10 Å². The fraction of sp³-hybridized carbons (Fsp3) is 0.111. The van der Waals surface area contributed by atoms with Crippen molar-refractivity contribution in [2.75, 3.05) is 12.4 Å². The number of para-hydroxylation sites is 1. The smallest absolute Gasteiger partial charge is 0.276 e. The molecule has 4 rings (SSSR count). The van der Waals surface area contributed by atoms with E-state index in [-0.39, 0.29) is 17.3 Å². The van der Waals surface area contributed by atoms with E-state index in [2.05, 4.69) is 20.7 Å². The molecule has 4 aromatic rings. The minimum atomic E-state index is -0.453. The summed E-state index contributed by atoms with van der Waals surface area (Å²) in [7, 11) is 0. The summed E-state index contributed by atoms with van der Waals surface area (Å²) >= 11 is 1.22. The van der Waals surface area contributed by atoms with Gasteiger partial charge in [-0.1, -0.05) is 54.2 Å². The molecular weight excluding hydrogens is 504 g/mol. The van der Waals surface area contributed by atoms with Gasteiger partial charge in [0.2, 0.25) is 0 Å². The zero-order chi connectivity index (χ0) is 26.7. The number of nitrogens with zero attached hydrogens (tertiary/aromatic N) is 5. The first-order valence-electron chi connectivity index (χ1n) is 11.7. The Morgan fingerprint density at radius 2 is 1.82 bits per heavy atom. The van der Waals surface area contributed by atoms with E-state index in [4.69, 9.17) is 4.74 Å². The van der Waals surface area contributed by atoms with Gasteiger partial charge in [-0.15, -0.1) is 10.2 Å². The molecule has 0 aliphatic rings. The van der Waals surface area contributed by atoms with Crippen LogP contribution in [0.25, 0.3) is 23.2 Å². The molecule has 38 heavy (non-hydrogen) atoms. The number of amides is 1. The van der Waals surface area contributed by atoms with Crippen LogP contribution in [-0.2, 0) is 4.79 Å². The Morgan fingerprint density at radius 1 is 1.08 bits per heavy atom. The second-order valence-corrected chi connectivity index (χ2v) is 8.65. The number of nitrogens with one attached hydrogen (secondary N) is 1. The normalized spacial score (nSPS) is 11.2. The lowest BCUT2D eigenvalue weighted by Gasteiger charge is -2.11. The highest BCUT2D eigenvalue weighted by molar-refractivity contribution is 7.99. The molecule has 10 nitrogen and oxygen atoms in total. The quantitative estimate of drug-likeness (QED) is 0.124. The van der Waals surface area contributed by atoms with Crippen LogP contribution in [0, 0.1) is 10.1 Å². The summed E-state index contributed by atoms with van der Waals surface area (Å²) in [5.74, 6) is 1.12. The zero-order valence-corrected chi connectivity index (χ0v) is 21.2. The summed E-state index contributed by atoms with van der Waals surface area (Å²) in [5, 5.41) is 24.2. The molecule has 11 heteroatoms. The van der Waals surface area contributed by atoms with E-state index < -0.39 is 4.92 Å². The van der Waals surface area contributed by atoms with Crippen LogP contribution in [0.5, 0.6) is 5.75 Å². The highest BCUT2D eigenvalue weighted by Crippen LogP contribution is 2.29. The molecule has 0 atom stereocenters. The number of nitro benzene ring substituents is 1. The summed E-state index contributed by atoms with van der Waals surface area (Å²) in [4.78, 5) is 23.0. The third-order valence-corrected chi connectivity index (χ3v) is 6.09. The van der Waals surface area contributed by atoms with Crippen LogP contribution in [0.4, 0.5) is 5.69 Å². The maximum Gasteiger partial charge on any atom is 0.276 e. The first-order valence-corrected chi connectivity index (χ1v) is 12.6. The Morgan fingerprint density at radius 3 is 2.55 bits per heavy atom. The van der Waals surface area contributed by atoms with Crippen molar-refractivity contribution in [3.05, 3.63) is 101 Å². The van der Waals surface area contributed by atoms with Gasteiger partial charge < -0.3 is 4.74 Å². The van der Waals surface area contributed by atoms with E-state index in [1.54, 1.807) is 24.3 Å². The molecule has 0 bridgehead atoms. The molecule has 3 aromatic carbocycles. The molecule has 0 fully saturated rings. The van der Waals surface area contributed by atoms with E-state index in [1.165, 1.54) is 30.1 Å². The molecule has 0 spiro atoms. The number of hydrogen-bond donors (Lipinski definition) is 1. The van der Waals surface area contributed by atoms with E-state index in [1.807, 2.05) is 66.1 Å². The first kappa shape index (κ1) is 26.3. The van der Waals surface area contributed by atoms with Crippen molar-refractivity contribution < 1.29 is 14.5 Å². The Bertz CT molecular complexity index is 1450. The molecule has 0 saturated heterocycles. The van der Waals surface area contributed by atoms with Crippen LogP contribution in [0.15, 0.2) is 95.2 Å². The fourth-order valence-corrected chi connectivity index (χ4v) is 4.23. The molecule has 1 N–H and O–H groups in total. The zero-order valence-electron chi connectivity index (χ0n) is 20.4. The number of thioether (sulfide) groups is 1. The monoisotopic (exact) mass is 528 g/mol. The van der Waals surface area contributed by atoms with Crippen molar-refractivity contribution in [2.24, 2.45) is 5.10 Å². The summed E-state index contributed by atoms with van der Waals surface area (Å²) in [6, 6.07) is 23.6. The number of carbonyl (C=O) groups is 1. The Kier molecular flexibility index (Phi) is 8.98. The van der Waals surface area contributed by atoms with Crippen LogP contribution >= 0.6 is 11.8 Å². The van der Waals surface area contributed by atoms with Gasteiger partial charge in [-0.05, 0) is 49.4 Å². The molecule has 192 valence electrons. The van der Waals surface area contributed by atoms with Crippen LogP contribution in [0.1, 0.15) is 12.5 Å². The Balaban J connectivity index is 1.43. The molecule has 0 saturated carbocycles. The predicted molar refractivity (Wildman–Crippen MR) is 147 cm³/mol. The van der Waals surface area contributed by atoms with Gasteiger partial charge in [0.25, 0.3) is 11.6 Å². The molecule has 0 aliphatic carbocycles. The van der Waals surface area contributed by atoms with Crippen LogP contribution < -0.4 is 10.2 Å². The van der Waals surface area contributed by atoms with Crippen molar-refractivity contribution in [3.8, 4) is 22.8 Å². The maximum absolute atomic E-state index is 12.4. The van der Waals surface area contributed by atoms with Crippen molar-refractivity contribution in [3.63, 3.8) is 0 Å². The Labute approximate surface area is 223 Å². The van der Waals surface area contributed by atoms with Gasteiger partial charge in [0, 0.05) is 23.5 Å². The van der Waals surface area contributed by atoms with Crippen molar-refractivity contribution in [1.29, 1.82) is 0 Å². The average molecular weight is 529 g/mol. The number of hydrogen-bond acceptors (Lipinski definition) is 8. The second kappa shape index (κ2) is 13.0. The number of ether oxygens (including phenoxy) is 1. The average Bonchev–Trinajstić information content (AvgIpc) is 3.37.